The SMILES string of the molecule is CC(=O)NC(Cc1ccc(O)cc1)C(=O)NC(CC(N)=O)C(=O)NC(Cc1c[nH]c2ccccc12)C(=O)NC(CC(N)=O)C(=O)NC(CO)C(=O)NC(Cc1ccccc1)c1cn(Cc2cn(C(CC(C)C)C(=O)NC(CCCNC(=N)N)C(=O)NC(Cc3ccc(O)cc3)C(N)=O)nn2)nn1. The van der Waals surface area contributed by atoms with Gasteiger partial charge in [0.05, 0.1) is 44.4 Å². The Balaban J connectivity index is 1.07. The first kappa shape index (κ1) is 77.1. The summed E-state index contributed by atoms with van der Waals surface area (Å²) in [4.78, 5) is 153. The molecule has 0 bridgehead atoms. The minimum Gasteiger partial charge on any atom is -0.508 e. The highest BCUT2D eigenvalue weighted by atomic mass is 16.3. The Morgan fingerprint density at radius 2 is 1.06 bits per heavy atom. The molecular formula is C67H85N21O14. The van der Waals surface area contributed by atoms with E-state index in [1.807, 2.05) is 13.8 Å². The molecule has 3 aromatic heterocycles. The fraction of sp³-hybridized carbons (Fsp3) is 0.373. The summed E-state index contributed by atoms with van der Waals surface area (Å²) in [5, 5.41) is 78.8. The number of phenolic OH excluding ortho intramolecular Hbond substituents is 2. The lowest BCUT2D eigenvalue weighted by molar-refractivity contribution is -0.136. The summed E-state index contributed by atoms with van der Waals surface area (Å²) in [6, 6.07) is 14.7. The number of para-hydroxylation sites is 1. The Morgan fingerprint density at radius 1 is 0.549 bits per heavy atom. The number of primary amides is 3. The van der Waals surface area contributed by atoms with Crippen molar-refractivity contribution in [3.05, 3.63) is 155 Å². The van der Waals surface area contributed by atoms with Gasteiger partial charge >= 0.3 is 0 Å². The van der Waals surface area contributed by atoms with Gasteiger partial charge in [0.25, 0.3) is 0 Å². The molecule has 35 heteroatoms. The number of amides is 11. The molecule has 9 atom stereocenters. The van der Waals surface area contributed by atoms with Crippen molar-refractivity contribution < 1.29 is 68.1 Å². The van der Waals surface area contributed by atoms with Crippen LogP contribution in [0, 0.1) is 11.3 Å². The minimum absolute atomic E-state index is 0.00628. The van der Waals surface area contributed by atoms with Gasteiger partial charge in [0.2, 0.25) is 65.0 Å². The highest BCUT2D eigenvalue weighted by molar-refractivity contribution is 5.99. The molecule has 35 nitrogen and oxygen atoms in total. The summed E-state index contributed by atoms with van der Waals surface area (Å²) in [5.41, 5.74) is 25.7. The number of aliphatic hydroxyl groups excluding tert-OH is 1. The summed E-state index contributed by atoms with van der Waals surface area (Å²) in [6.45, 7) is 3.97. The lowest BCUT2D eigenvalue weighted by Crippen LogP contribution is -2.60. The van der Waals surface area contributed by atoms with Crippen molar-refractivity contribution in [3.63, 3.8) is 0 Å². The van der Waals surface area contributed by atoms with E-state index in [1.165, 1.54) is 58.2 Å². The number of hydrogen-bond donors (Lipinski definition) is 18. The minimum atomic E-state index is -1.87. The number of benzene rings is 4. The van der Waals surface area contributed by atoms with Crippen LogP contribution in [0.5, 0.6) is 11.5 Å². The molecule has 0 spiro atoms. The fourth-order valence-electron chi connectivity index (χ4n) is 11.0. The van der Waals surface area contributed by atoms with E-state index in [0.29, 0.717) is 38.9 Å². The Bertz CT molecular complexity index is 4090. The third kappa shape index (κ3) is 23.7. The third-order valence-electron chi connectivity index (χ3n) is 16.1. The van der Waals surface area contributed by atoms with Crippen molar-refractivity contribution in [3.8, 4) is 11.5 Å². The fourth-order valence-corrected chi connectivity index (χ4v) is 11.0. The molecule has 22 N–H and O–H groups in total. The molecule has 0 aliphatic carbocycles. The zero-order chi connectivity index (χ0) is 74.2. The predicted molar refractivity (Wildman–Crippen MR) is 367 cm³/mol. The summed E-state index contributed by atoms with van der Waals surface area (Å²) >= 11 is 0. The normalized spacial score (nSPS) is 13.8. The molecule has 0 aliphatic rings. The van der Waals surface area contributed by atoms with Crippen LogP contribution in [0.2, 0.25) is 0 Å². The van der Waals surface area contributed by atoms with Gasteiger partial charge in [-0.3, -0.25) is 58.1 Å². The number of aliphatic hydroxyl groups is 1. The van der Waals surface area contributed by atoms with Crippen LogP contribution in [0.15, 0.2) is 122 Å². The molecule has 0 saturated carbocycles. The molecule has 0 radical (unpaired) electrons. The number of fused-ring (bicyclic) bond motifs is 1. The van der Waals surface area contributed by atoms with E-state index in [1.54, 1.807) is 72.9 Å². The number of nitrogens with one attached hydrogen (secondary N) is 11. The second-order valence-corrected chi connectivity index (χ2v) is 24.8. The second-order valence-electron chi connectivity index (χ2n) is 24.8. The molecule has 102 heavy (non-hydrogen) atoms. The molecule has 7 aromatic rings. The van der Waals surface area contributed by atoms with Crippen molar-refractivity contribution in [1.29, 1.82) is 5.41 Å². The van der Waals surface area contributed by atoms with Crippen LogP contribution in [0.1, 0.15) is 98.6 Å². The van der Waals surface area contributed by atoms with E-state index in [9.17, 15) is 68.1 Å². The van der Waals surface area contributed by atoms with Crippen molar-refractivity contribution >= 4 is 81.8 Å². The van der Waals surface area contributed by atoms with Crippen LogP contribution >= 0.6 is 0 Å². The van der Waals surface area contributed by atoms with Crippen LogP contribution in [-0.4, -0.2) is 177 Å². The molecular weight excluding hydrogens is 1320 g/mol. The maximum atomic E-state index is 14.6. The monoisotopic (exact) mass is 1410 g/mol. The number of H-pyrrole nitrogens is 1. The molecule has 542 valence electrons. The Hall–Kier alpha value is -12.3. The molecule has 11 amide bonds. The molecule has 0 aliphatic heterocycles. The van der Waals surface area contributed by atoms with Crippen molar-refractivity contribution in [2.75, 3.05) is 13.2 Å². The number of hydrogen-bond acceptors (Lipinski definition) is 19. The van der Waals surface area contributed by atoms with Gasteiger partial charge in [-0.25, -0.2) is 9.36 Å². The number of phenols is 2. The van der Waals surface area contributed by atoms with Gasteiger partial charge < -0.3 is 91.1 Å². The third-order valence-corrected chi connectivity index (χ3v) is 16.1. The van der Waals surface area contributed by atoms with Crippen molar-refractivity contribution in [1.82, 2.24) is 82.8 Å². The van der Waals surface area contributed by atoms with Crippen LogP contribution in [0.4, 0.5) is 0 Å². The number of aromatic hydroxyl groups is 2. The number of guanidine groups is 1. The highest BCUT2D eigenvalue weighted by Gasteiger charge is 2.36. The van der Waals surface area contributed by atoms with Crippen LogP contribution in [-0.2, 0) is 85.0 Å². The zero-order valence-electron chi connectivity index (χ0n) is 56.1. The van der Waals surface area contributed by atoms with Gasteiger partial charge in [0.1, 0.15) is 71.2 Å². The Kier molecular flexibility index (Phi) is 28.0. The van der Waals surface area contributed by atoms with E-state index >= 15 is 0 Å². The first-order valence-corrected chi connectivity index (χ1v) is 32.5. The lowest BCUT2D eigenvalue weighted by Gasteiger charge is -2.27. The number of nitrogens with two attached hydrogens (primary N) is 4. The van der Waals surface area contributed by atoms with Crippen LogP contribution in [0.3, 0.4) is 0 Å². The molecule has 9 unspecified atom stereocenters. The number of aromatic amines is 1. The van der Waals surface area contributed by atoms with Gasteiger partial charge in [-0.1, -0.05) is 97.1 Å². The smallest absolute Gasteiger partial charge is 0.245 e. The van der Waals surface area contributed by atoms with Gasteiger partial charge in [0, 0.05) is 49.8 Å². The predicted octanol–water partition coefficient (Wildman–Crippen LogP) is -2.57. The van der Waals surface area contributed by atoms with E-state index in [4.69, 9.17) is 28.3 Å². The molecule has 3 heterocycles. The molecule has 7 rings (SSSR count). The van der Waals surface area contributed by atoms with Gasteiger partial charge in [-0.05, 0) is 84.2 Å². The van der Waals surface area contributed by atoms with Crippen LogP contribution in [0.25, 0.3) is 10.9 Å². The first-order chi connectivity index (χ1) is 48.6. The van der Waals surface area contributed by atoms with Crippen molar-refractivity contribution in [2.45, 2.75) is 139 Å². The van der Waals surface area contributed by atoms with Crippen molar-refractivity contribution in [2.24, 2.45) is 28.9 Å². The molecule has 0 saturated heterocycles. The van der Waals surface area contributed by atoms with Gasteiger partial charge in [0.15, 0.2) is 5.96 Å². The number of nitrogens with zero attached hydrogens (tertiary/aromatic N) is 6. The maximum Gasteiger partial charge on any atom is 0.245 e. The maximum absolute atomic E-state index is 14.6. The number of carbonyl (C=O) groups excluding carboxylic acids is 11. The average Bonchev–Trinajstić information content (AvgIpc) is 1.65. The largest absolute Gasteiger partial charge is 0.508 e. The number of rotatable bonds is 39. The average molecular weight is 1410 g/mol. The topological polar surface area (TPSA) is 562 Å². The second kappa shape index (κ2) is 37.0. The zero-order valence-corrected chi connectivity index (χ0v) is 56.1. The number of carbonyl (C=O) groups is 11. The van der Waals surface area contributed by atoms with E-state index in [-0.39, 0.29) is 87.1 Å². The standard InChI is InChI=1S/C67H85N21O14/c1-36(2)24-56(66(102)76-47(14-9-23-73-67(71)72)60(96)78-49(59(70)95)26-39-15-19-43(91)20-16-39)88-33-42(83-86-88)32-87-34-54(84-85-87)48(25-38-10-5-4-6-11-38)77-65(101)55(35-89)82-64(100)53(30-58(69)94)81-62(98)51(28-41-31-74-46-13-8-7-12-45(41)46)79-63(99)52(29-57(68)93)80-61(97)50(75-37(3)90)27-40-17-21-44(92)22-18-40/h4-8,10-13,15-22,31,33-34,36,47-53,55-56,74,89,91-92H,9,14,23-30,32,35H2,1-3H3,(H2,68,93)(H2,69,94)(H2,70,95)(H,75,90)(H,76,102)(H,77,101)(H,78,96)(H,79,99)(H,80,97)(H,81,98)(H,82,100)(H4,71,72,73). The summed E-state index contributed by atoms with van der Waals surface area (Å²) < 4.78 is 2.71. The Morgan fingerprint density at radius 3 is 1.63 bits per heavy atom. The molecule has 0 fully saturated rings. The summed E-state index contributed by atoms with van der Waals surface area (Å²) in [5.74, 6) is -10.7. The van der Waals surface area contributed by atoms with Crippen LogP contribution < -0.4 is 70.8 Å². The van der Waals surface area contributed by atoms with E-state index in [0.717, 1.165) is 6.92 Å². The highest BCUT2D eigenvalue weighted by Crippen LogP contribution is 2.23. The lowest BCUT2D eigenvalue weighted by atomic mass is 10.0. The summed E-state index contributed by atoms with van der Waals surface area (Å²) in [7, 11) is 0. The molecule has 4 aromatic carbocycles. The first-order valence-electron chi connectivity index (χ1n) is 32.5. The summed E-state index contributed by atoms with van der Waals surface area (Å²) in [6.07, 6.45) is 3.04. The van der Waals surface area contributed by atoms with E-state index < -0.39 is 139 Å². The van der Waals surface area contributed by atoms with E-state index in [2.05, 4.69) is 73.5 Å². The van der Waals surface area contributed by atoms with Gasteiger partial charge in [-0.15, -0.1) is 10.2 Å². The Labute approximate surface area is 584 Å². The van der Waals surface area contributed by atoms with Gasteiger partial charge in [-0.2, -0.15) is 0 Å². The quantitative estimate of drug-likeness (QED) is 0.0107. The number of aromatic nitrogens is 7.